The van der Waals surface area contributed by atoms with Crippen molar-refractivity contribution in [3.63, 3.8) is 0 Å². The number of likely N-dealkylation sites (tertiary alicyclic amines) is 1. The Balaban J connectivity index is 0.00000412. The molecule has 7 unspecified atom stereocenters. The number of methoxy groups -OCH3 is 2. The quantitative estimate of drug-likeness (QED) is 0.0357. The standard InChI is InChI=1S/C58H84BrN9O13.2C3H8/c1-11-37(4)52(45(79-9)32-49(72)67-30-18-21-44(67)53(80-10)38(5)54(74)60-28-27-40-19-14-12-15-20-40)65(7)50(73)34-62-56(76)51(36(2)3)66(8)58(78)81-35-41-23-25-42(26-24-41)64-55(75)39(6)63-47(70)33-61-46(69)22-16-13-17-29-68-48(71)31-43(59)57(68)77;2*1-3-2/h12,14-15,19-20,23-26,31,36-39,44-45,51-53H,11,13,16-18,21-22,27-30,32-35H2,1-10H3,(H,60,74)(H,61,69)(H,62,76)(H,63,70)(H,64,75);2*3H2,1-2H3/t37-,38?,39?,44?,45?,51?,52?,53?;;/m1../s1. The van der Waals surface area contributed by atoms with E-state index in [9.17, 15) is 47.9 Å². The molecule has 2 heterocycles. The van der Waals surface area contributed by atoms with Crippen molar-refractivity contribution < 1.29 is 62.2 Å². The minimum absolute atomic E-state index is 0.0334. The van der Waals surface area contributed by atoms with E-state index in [1.54, 1.807) is 57.2 Å². The summed E-state index contributed by atoms with van der Waals surface area (Å²) in [4.78, 5) is 136. The second-order valence-electron chi connectivity index (χ2n) is 22.5. The molecule has 23 heteroatoms. The fraction of sp³-hybridized carbons (Fsp3) is 0.625. The Hall–Kier alpha value is -6.72. The van der Waals surface area contributed by atoms with Crippen LogP contribution < -0.4 is 26.6 Å². The molecule has 486 valence electrons. The molecule has 0 spiro atoms. The number of imide groups is 1. The first-order chi connectivity index (χ1) is 41.3. The lowest BCUT2D eigenvalue weighted by Crippen LogP contribution is -2.55. The third kappa shape index (κ3) is 25.5. The van der Waals surface area contributed by atoms with Crippen molar-refractivity contribution in [3.05, 3.63) is 76.3 Å². The van der Waals surface area contributed by atoms with E-state index in [4.69, 9.17) is 14.2 Å². The van der Waals surface area contributed by atoms with E-state index in [1.165, 1.54) is 49.8 Å². The molecule has 5 N–H and O–H groups in total. The number of carbonyl (C=O) groups excluding carboxylic acids is 10. The highest BCUT2D eigenvalue weighted by atomic mass is 79.9. The zero-order valence-electron chi connectivity index (χ0n) is 54.0. The number of nitrogens with one attached hydrogen (secondary N) is 5. The molecule has 2 aromatic carbocycles. The lowest BCUT2D eigenvalue weighted by molar-refractivity contribution is -0.145. The molecule has 2 aromatic rings. The Labute approximate surface area is 524 Å². The van der Waals surface area contributed by atoms with Gasteiger partial charge in [-0.1, -0.05) is 130 Å². The van der Waals surface area contributed by atoms with Crippen LogP contribution in [0, 0.1) is 17.8 Å². The Morgan fingerprint density at radius 2 is 1.38 bits per heavy atom. The monoisotopic (exact) mass is 1280 g/mol. The summed E-state index contributed by atoms with van der Waals surface area (Å²) >= 11 is 3.05. The molecular formula is C64H100BrN9O13. The molecule has 22 nitrogen and oxygen atoms in total. The molecule has 10 amide bonds. The van der Waals surface area contributed by atoms with Crippen molar-refractivity contribution in [2.75, 3.05) is 66.4 Å². The van der Waals surface area contributed by atoms with E-state index in [2.05, 4.69) is 70.2 Å². The number of likely N-dealkylation sites (N-methyl/N-ethyl adjacent to an activating group) is 2. The summed E-state index contributed by atoms with van der Waals surface area (Å²) < 4.78 is 17.7. The second-order valence-corrected chi connectivity index (χ2v) is 23.4. The number of ether oxygens (including phenoxy) is 3. The van der Waals surface area contributed by atoms with Gasteiger partial charge in [-0.15, -0.1) is 0 Å². The zero-order valence-corrected chi connectivity index (χ0v) is 55.6. The van der Waals surface area contributed by atoms with E-state index in [0.717, 1.165) is 16.9 Å². The lowest BCUT2D eigenvalue weighted by atomic mass is 9.90. The Bertz CT molecular complexity index is 2550. The van der Waals surface area contributed by atoms with E-state index in [0.29, 0.717) is 62.9 Å². The molecule has 8 atom stereocenters. The molecule has 0 aliphatic carbocycles. The average Bonchev–Trinajstić information content (AvgIpc) is 2.36. The van der Waals surface area contributed by atoms with Crippen LogP contribution in [0.5, 0.6) is 0 Å². The predicted molar refractivity (Wildman–Crippen MR) is 339 cm³/mol. The van der Waals surface area contributed by atoms with Crippen LogP contribution in [0.1, 0.15) is 145 Å². The van der Waals surface area contributed by atoms with Gasteiger partial charge in [-0.05, 0) is 90.1 Å². The van der Waals surface area contributed by atoms with Crippen molar-refractivity contribution in [1.82, 2.24) is 40.9 Å². The van der Waals surface area contributed by atoms with Gasteiger partial charge >= 0.3 is 6.09 Å². The number of unbranched alkanes of at least 4 members (excludes halogenated alkanes) is 2. The van der Waals surface area contributed by atoms with Gasteiger partial charge in [0.1, 0.15) is 18.7 Å². The summed E-state index contributed by atoms with van der Waals surface area (Å²) in [7, 11) is 6.12. The third-order valence-corrected chi connectivity index (χ3v) is 15.5. The largest absolute Gasteiger partial charge is 0.445 e. The average molecular weight is 1280 g/mol. The molecule has 0 bridgehead atoms. The maximum absolute atomic E-state index is 14.2. The normalized spacial score (nSPS) is 16.0. The summed E-state index contributed by atoms with van der Waals surface area (Å²) in [5.41, 5.74) is 2.09. The third-order valence-electron chi connectivity index (χ3n) is 14.9. The number of benzene rings is 2. The number of hydrogen-bond acceptors (Lipinski definition) is 13. The van der Waals surface area contributed by atoms with Crippen LogP contribution in [0.4, 0.5) is 10.5 Å². The second kappa shape index (κ2) is 40.7. The van der Waals surface area contributed by atoms with Crippen molar-refractivity contribution in [1.29, 1.82) is 0 Å². The number of carbonyl (C=O) groups is 10. The van der Waals surface area contributed by atoms with Crippen LogP contribution in [0.2, 0.25) is 0 Å². The van der Waals surface area contributed by atoms with E-state index in [-0.39, 0.29) is 84.4 Å². The molecule has 1 fully saturated rings. The van der Waals surface area contributed by atoms with Crippen LogP contribution in [-0.2, 0) is 70.4 Å². The predicted octanol–water partition coefficient (Wildman–Crippen LogP) is 7.28. The van der Waals surface area contributed by atoms with Gasteiger partial charge in [0.25, 0.3) is 11.8 Å². The van der Waals surface area contributed by atoms with Gasteiger partial charge < -0.3 is 50.6 Å². The Morgan fingerprint density at radius 1 is 0.736 bits per heavy atom. The van der Waals surface area contributed by atoms with Crippen molar-refractivity contribution >= 4 is 80.9 Å². The number of anilines is 1. The number of halogens is 1. The van der Waals surface area contributed by atoms with Crippen LogP contribution in [0.15, 0.2) is 65.2 Å². The smallest absolute Gasteiger partial charge is 0.410 e. The van der Waals surface area contributed by atoms with Gasteiger partial charge in [0.15, 0.2) is 0 Å². The van der Waals surface area contributed by atoms with Crippen molar-refractivity contribution in [3.8, 4) is 0 Å². The Kier molecular flexibility index (Phi) is 35.7. The maximum atomic E-state index is 14.2. The molecule has 4 rings (SSSR count). The molecule has 1 saturated heterocycles. The number of nitrogens with zero attached hydrogens (tertiary/aromatic N) is 4. The molecular weight excluding hydrogens is 1180 g/mol. The molecule has 0 radical (unpaired) electrons. The van der Waals surface area contributed by atoms with Gasteiger partial charge in [0, 0.05) is 66.1 Å². The van der Waals surface area contributed by atoms with Gasteiger partial charge in [0.2, 0.25) is 41.4 Å². The lowest BCUT2D eigenvalue weighted by Gasteiger charge is -2.39. The van der Waals surface area contributed by atoms with Crippen LogP contribution in [0.3, 0.4) is 0 Å². The van der Waals surface area contributed by atoms with E-state index < -0.39 is 72.5 Å². The van der Waals surface area contributed by atoms with Crippen LogP contribution in [0.25, 0.3) is 0 Å². The molecule has 2 aliphatic heterocycles. The molecule has 87 heavy (non-hydrogen) atoms. The summed E-state index contributed by atoms with van der Waals surface area (Å²) in [6.07, 6.45) is 6.13. The highest BCUT2D eigenvalue weighted by molar-refractivity contribution is 9.12. The number of amides is 10. The minimum atomic E-state index is -1.01. The topological polar surface area (TPSA) is 272 Å². The summed E-state index contributed by atoms with van der Waals surface area (Å²) in [5, 5.41) is 13.5. The van der Waals surface area contributed by atoms with Crippen LogP contribution >= 0.6 is 15.9 Å². The Morgan fingerprint density at radius 3 is 1.95 bits per heavy atom. The summed E-state index contributed by atoms with van der Waals surface area (Å²) in [5.74, 6) is -4.59. The van der Waals surface area contributed by atoms with Gasteiger partial charge in [-0.3, -0.25) is 53.0 Å². The summed E-state index contributed by atoms with van der Waals surface area (Å²) in [6, 6.07) is 13.5. The van der Waals surface area contributed by atoms with Gasteiger partial charge in [-0.2, -0.15) is 0 Å². The highest BCUT2D eigenvalue weighted by Crippen LogP contribution is 2.30. The zero-order chi connectivity index (χ0) is 65.3. The van der Waals surface area contributed by atoms with Crippen molar-refractivity contribution in [2.24, 2.45) is 17.8 Å². The fourth-order valence-corrected chi connectivity index (χ4v) is 10.5. The highest BCUT2D eigenvalue weighted by Gasteiger charge is 2.42. The first-order valence-electron chi connectivity index (χ1n) is 30.6. The SMILES string of the molecule is CCC.CCC.CC[C@@H](C)C(C(CC(=O)N1CCCC1C(OC)C(C)C(=O)NCCc1ccccc1)OC)N(C)C(=O)CNC(=O)C(C(C)C)N(C)C(=O)OCc1ccc(NC(=O)C(C)NC(=O)CNC(=O)CCCCCN2C(=O)C=C(Br)C2=O)cc1. The fourth-order valence-electron chi connectivity index (χ4n) is 10.1. The van der Waals surface area contributed by atoms with Crippen LogP contribution in [-0.4, -0.2) is 176 Å². The van der Waals surface area contributed by atoms with E-state index >= 15 is 0 Å². The molecule has 0 aromatic heterocycles. The molecule has 2 aliphatic rings. The van der Waals surface area contributed by atoms with E-state index in [1.807, 2.05) is 51.1 Å². The number of rotatable bonds is 32. The van der Waals surface area contributed by atoms with Crippen molar-refractivity contribution in [2.45, 2.75) is 183 Å². The summed E-state index contributed by atoms with van der Waals surface area (Å²) in [6.45, 7) is 19.6. The van der Waals surface area contributed by atoms with Gasteiger partial charge in [-0.25, -0.2) is 4.79 Å². The first kappa shape index (κ1) is 76.4. The number of hydrogen-bond donors (Lipinski definition) is 5. The van der Waals surface area contributed by atoms with Gasteiger partial charge in [0.05, 0.1) is 54.2 Å². The maximum Gasteiger partial charge on any atom is 0.410 e. The minimum Gasteiger partial charge on any atom is -0.445 e. The molecule has 0 saturated carbocycles. The first-order valence-corrected chi connectivity index (χ1v) is 31.4.